The Kier molecular flexibility index (Phi) is 6.18. The van der Waals surface area contributed by atoms with E-state index in [-0.39, 0.29) is 24.3 Å². The van der Waals surface area contributed by atoms with Gasteiger partial charge in [0.05, 0.1) is 6.54 Å². The summed E-state index contributed by atoms with van der Waals surface area (Å²) in [5, 5.41) is 5.38. The van der Waals surface area contributed by atoms with E-state index in [1.807, 2.05) is 0 Å². The van der Waals surface area contributed by atoms with Gasteiger partial charge in [-0.1, -0.05) is 13.3 Å². The van der Waals surface area contributed by atoms with Crippen molar-refractivity contribution in [3.05, 3.63) is 0 Å². The molecule has 2 aliphatic rings. The van der Waals surface area contributed by atoms with E-state index in [4.69, 9.17) is 0 Å². The van der Waals surface area contributed by atoms with Gasteiger partial charge in [0.25, 0.3) is 0 Å². The average molecular weight is 310 g/mol. The van der Waals surface area contributed by atoms with Crippen LogP contribution in [0.15, 0.2) is 0 Å². The number of nitrogens with one attached hydrogen (secondary N) is 2. The maximum atomic E-state index is 12.1. The highest BCUT2D eigenvalue weighted by atomic mass is 16.2. The molecule has 0 bridgehead atoms. The summed E-state index contributed by atoms with van der Waals surface area (Å²) in [4.78, 5) is 39.8. The number of piperazine rings is 1. The largest absolute Gasteiger partial charge is 0.345 e. The standard InChI is InChI=1S/C15H26N4O3/c1-2-18-7-9-19(10-8-18)14(21)11-16-15(22)12-5-3-4-6-13(20)17-12/h12H,2-11H2,1H3,(H,16,22)(H,17,20). The molecule has 124 valence electrons. The molecule has 0 spiro atoms. The van der Waals surface area contributed by atoms with Crippen molar-refractivity contribution in [3.8, 4) is 0 Å². The molecule has 0 aromatic rings. The van der Waals surface area contributed by atoms with Crippen LogP contribution in [0.25, 0.3) is 0 Å². The number of hydrogen-bond acceptors (Lipinski definition) is 4. The van der Waals surface area contributed by atoms with E-state index < -0.39 is 6.04 Å². The summed E-state index contributed by atoms with van der Waals surface area (Å²) < 4.78 is 0. The minimum atomic E-state index is -0.500. The van der Waals surface area contributed by atoms with Crippen LogP contribution in [0, 0.1) is 0 Å². The summed E-state index contributed by atoms with van der Waals surface area (Å²) in [6.07, 6.45) is 2.78. The second-order valence-electron chi connectivity index (χ2n) is 5.90. The van der Waals surface area contributed by atoms with Crippen LogP contribution in [-0.4, -0.2) is 72.8 Å². The summed E-state index contributed by atoms with van der Waals surface area (Å²) in [6.45, 7) is 6.31. The van der Waals surface area contributed by atoms with Crippen LogP contribution in [0.2, 0.25) is 0 Å². The van der Waals surface area contributed by atoms with Gasteiger partial charge in [-0.2, -0.15) is 0 Å². The number of rotatable bonds is 4. The highest BCUT2D eigenvalue weighted by Crippen LogP contribution is 2.09. The summed E-state index contributed by atoms with van der Waals surface area (Å²) >= 11 is 0. The normalized spacial score (nSPS) is 23.6. The van der Waals surface area contributed by atoms with Crippen LogP contribution in [0.5, 0.6) is 0 Å². The van der Waals surface area contributed by atoms with Crippen LogP contribution in [0.1, 0.15) is 32.6 Å². The molecule has 2 fully saturated rings. The number of carbonyl (C=O) groups excluding carboxylic acids is 3. The topological polar surface area (TPSA) is 81.8 Å². The zero-order valence-electron chi connectivity index (χ0n) is 13.3. The van der Waals surface area contributed by atoms with Crippen molar-refractivity contribution in [2.45, 2.75) is 38.6 Å². The third-order valence-corrected chi connectivity index (χ3v) is 4.38. The molecule has 1 unspecified atom stereocenters. The second kappa shape index (κ2) is 8.12. The Morgan fingerprint density at radius 1 is 1.23 bits per heavy atom. The van der Waals surface area contributed by atoms with Gasteiger partial charge in [0.2, 0.25) is 17.7 Å². The first-order valence-electron chi connectivity index (χ1n) is 8.17. The van der Waals surface area contributed by atoms with Gasteiger partial charge in [0.1, 0.15) is 6.04 Å². The van der Waals surface area contributed by atoms with Gasteiger partial charge in [-0.25, -0.2) is 0 Å². The van der Waals surface area contributed by atoms with E-state index in [1.165, 1.54) is 0 Å². The quantitative estimate of drug-likeness (QED) is 0.721. The fraction of sp³-hybridized carbons (Fsp3) is 0.800. The lowest BCUT2D eigenvalue weighted by Gasteiger charge is -2.34. The van der Waals surface area contributed by atoms with Crippen LogP contribution in [0.4, 0.5) is 0 Å². The second-order valence-corrected chi connectivity index (χ2v) is 5.90. The molecular formula is C15H26N4O3. The number of likely N-dealkylation sites (N-methyl/N-ethyl adjacent to an activating group) is 1. The van der Waals surface area contributed by atoms with Gasteiger partial charge in [-0.3, -0.25) is 14.4 Å². The van der Waals surface area contributed by atoms with Gasteiger partial charge in [-0.05, 0) is 19.4 Å². The van der Waals surface area contributed by atoms with E-state index in [2.05, 4.69) is 22.5 Å². The first-order valence-corrected chi connectivity index (χ1v) is 8.17. The molecule has 0 aromatic carbocycles. The van der Waals surface area contributed by atoms with Crippen molar-refractivity contribution in [1.82, 2.24) is 20.4 Å². The molecular weight excluding hydrogens is 284 g/mol. The number of hydrogen-bond donors (Lipinski definition) is 2. The lowest BCUT2D eigenvalue weighted by molar-refractivity contribution is -0.135. The molecule has 7 heteroatoms. The molecule has 0 radical (unpaired) electrons. The third-order valence-electron chi connectivity index (χ3n) is 4.38. The van der Waals surface area contributed by atoms with Crippen LogP contribution in [0.3, 0.4) is 0 Å². The Bertz CT molecular complexity index is 419. The first-order chi connectivity index (χ1) is 10.6. The number of nitrogens with zero attached hydrogens (tertiary/aromatic N) is 2. The summed E-state index contributed by atoms with van der Waals surface area (Å²) in [5.74, 6) is -0.389. The number of carbonyl (C=O) groups is 3. The predicted octanol–water partition coefficient (Wildman–Crippen LogP) is -0.674. The molecule has 3 amide bonds. The van der Waals surface area contributed by atoms with E-state index in [0.29, 0.717) is 25.9 Å². The van der Waals surface area contributed by atoms with Gasteiger partial charge >= 0.3 is 0 Å². The summed E-state index contributed by atoms with van der Waals surface area (Å²) in [6, 6.07) is -0.500. The van der Waals surface area contributed by atoms with E-state index in [9.17, 15) is 14.4 Å². The Morgan fingerprint density at radius 2 is 1.95 bits per heavy atom. The Balaban J connectivity index is 1.73. The molecule has 0 aromatic heterocycles. The monoisotopic (exact) mass is 310 g/mol. The van der Waals surface area contributed by atoms with Crippen molar-refractivity contribution in [2.24, 2.45) is 0 Å². The fourth-order valence-electron chi connectivity index (χ4n) is 2.88. The van der Waals surface area contributed by atoms with Crippen LogP contribution < -0.4 is 10.6 Å². The molecule has 22 heavy (non-hydrogen) atoms. The smallest absolute Gasteiger partial charge is 0.243 e. The van der Waals surface area contributed by atoms with E-state index in [1.54, 1.807) is 4.90 Å². The van der Waals surface area contributed by atoms with Crippen molar-refractivity contribution < 1.29 is 14.4 Å². The zero-order valence-corrected chi connectivity index (χ0v) is 13.3. The minimum absolute atomic E-state index is 0.0112. The molecule has 2 aliphatic heterocycles. The van der Waals surface area contributed by atoms with Gasteiger partial charge < -0.3 is 20.4 Å². The summed E-state index contributed by atoms with van der Waals surface area (Å²) in [7, 11) is 0. The van der Waals surface area contributed by atoms with Crippen molar-refractivity contribution >= 4 is 17.7 Å². The SMILES string of the molecule is CCN1CCN(C(=O)CNC(=O)C2CCCCC(=O)N2)CC1. The third kappa shape index (κ3) is 4.69. The average Bonchev–Trinajstić information content (AvgIpc) is 2.77. The molecule has 2 saturated heterocycles. The van der Waals surface area contributed by atoms with Crippen molar-refractivity contribution in [2.75, 3.05) is 39.3 Å². The molecule has 1 atom stereocenters. The maximum absolute atomic E-state index is 12.1. The van der Waals surface area contributed by atoms with Gasteiger partial charge in [-0.15, -0.1) is 0 Å². The fourth-order valence-corrected chi connectivity index (χ4v) is 2.88. The van der Waals surface area contributed by atoms with Crippen LogP contribution in [-0.2, 0) is 14.4 Å². The molecule has 0 saturated carbocycles. The van der Waals surface area contributed by atoms with E-state index >= 15 is 0 Å². The molecule has 2 rings (SSSR count). The molecule has 7 nitrogen and oxygen atoms in total. The van der Waals surface area contributed by atoms with Crippen molar-refractivity contribution in [3.63, 3.8) is 0 Å². The zero-order chi connectivity index (χ0) is 15.9. The Morgan fingerprint density at radius 3 is 2.64 bits per heavy atom. The Hall–Kier alpha value is -1.63. The maximum Gasteiger partial charge on any atom is 0.243 e. The van der Waals surface area contributed by atoms with Crippen molar-refractivity contribution in [1.29, 1.82) is 0 Å². The highest BCUT2D eigenvalue weighted by Gasteiger charge is 2.25. The van der Waals surface area contributed by atoms with Gasteiger partial charge in [0, 0.05) is 32.6 Å². The van der Waals surface area contributed by atoms with Gasteiger partial charge in [0.15, 0.2) is 0 Å². The minimum Gasteiger partial charge on any atom is -0.345 e. The number of amides is 3. The molecule has 2 N–H and O–H groups in total. The Labute approximate surface area is 131 Å². The molecule has 0 aliphatic carbocycles. The van der Waals surface area contributed by atoms with E-state index in [0.717, 1.165) is 32.5 Å². The lowest BCUT2D eigenvalue weighted by Crippen LogP contribution is -2.52. The van der Waals surface area contributed by atoms with Crippen LogP contribution >= 0.6 is 0 Å². The predicted molar refractivity (Wildman–Crippen MR) is 82.1 cm³/mol. The highest BCUT2D eigenvalue weighted by molar-refractivity contribution is 5.90. The molecule has 2 heterocycles. The summed E-state index contributed by atoms with van der Waals surface area (Å²) in [5.41, 5.74) is 0. The lowest BCUT2D eigenvalue weighted by atomic mass is 10.1. The first kappa shape index (κ1) is 16.7.